The lowest BCUT2D eigenvalue weighted by Crippen LogP contribution is -2.39. The second-order valence-electron chi connectivity index (χ2n) is 5.08. The molecule has 0 bridgehead atoms. The van der Waals surface area contributed by atoms with Crippen LogP contribution in [-0.2, 0) is 21.9 Å². The molecule has 1 heterocycles. The van der Waals surface area contributed by atoms with Gasteiger partial charge in [0.05, 0.1) is 6.54 Å². The molecule has 1 aromatic rings. The highest BCUT2D eigenvalue weighted by Gasteiger charge is 2.28. The van der Waals surface area contributed by atoms with Crippen molar-refractivity contribution in [2.24, 2.45) is 7.05 Å². The molecule has 0 saturated heterocycles. The first-order chi connectivity index (χ1) is 9.71. The number of aromatic carboxylic acids is 1. The van der Waals surface area contributed by atoms with E-state index in [9.17, 15) is 18.0 Å². The molecule has 1 aliphatic carbocycles. The Balaban J connectivity index is 2.14. The molecule has 0 aliphatic heterocycles. The van der Waals surface area contributed by atoms with Crippen molar-refractivity contribution in [1.82, 2.24) is 14.2 Å². The molecule has 0 atom stereocenters. The highest BCUT2D eigenvalue weighted by Crippen LogP contribution is 2.19. The van der Waals surface area contributed by atoms with Crippen LogP contribution in [0.1, 0.15) is 23.3 Å². The van der Waals surface area contributed by atoms with Gasteiger partial charge in [-0.2, -0.15) is 4.31 Å². The summed E-state index contributed by atoms with van der Waals surface area (Å²) in [6.07, 6.45) is 3.06. The second kappa shape index (κ2) is 5.49. The quantitative estimate of drug-likeness (QED) is 0.744. The third-order valence-corrected chi connectivity index (χ3v) is 4.98. The van der Waals surface area contributed by atoms with Crippen molar-refractivity contribution in [2.75, 3.05) is 13.6 Å². The molecule has 116 valence electrons. The van der Waals surface area contributed by atoms with Crippen LogP contribution in [0.3, 0.4) is 0 Å². The van der Waals surface area contributed by atoms with Gasteiger partial charge in [0.1, 0.15) is 10.6 Å². The van der Waals surface area contributed by atoms with Crippen molar-refractivity contribution < 1.29 is 23.1 Å². The number of aryl methyl sites for hydroxylation is 1. The van der Waals surface area contributed by atoms with E-state index in [4.69, 9.17) is 5.11 Å². The zero-order valence-corrected chi connectivity index (χ0v) is 12.6. The molecule has 1 saturated carbocycles. The van der Waals surface area contributed by atoms with E-state index in [0.29, 0.717) is 0 Å². The Labute approximate surface area is 122 Å². The average Bonchev–Trinajstić information content (AvgIpc) is 3.07. The van der Waals surface area contributed by atoms with E-state index in [-0.39, 0.29) is 29.1 Å². The third-order valence-electron chi connectivity index (χ3n) is 3.22. The highest BCUT2D eigenvalue weighted by molar-refractivity contribution is 7.89. The minimum absolute atomic E-state index is 0.135. The molecule has 2 N–H and O–H groups in total. The van der Waals surface area contributed by atoms with Crippen LogP contribution in [-0.4, -0.2) is 53.9 Å². The number of carbonyl (C=O) groups is 2. The van der Waals surface area contributed by atoms with E-state index < -0.39 is 16.0 Å². The number of amides is 1. The number of aromatic nitrogens is 1. The topological polar surface area (TPSA) is 109 Å². The van der Waals surface area contributed by atoms with E-state index in [2.05, 4.69) is 5.32 Å². The summed E-state index contributed by atoms with van der Waals surface area (Å²) in [4.78, 5) is 22.4. The van der Waals surface area contributed by atoms with Gasteiger partial charge >= 0.3 is 5.97 Å². The lowest BCUT2D eigenvalue weighted by molar-refractivity contribution is -0.121. The molecule has 0 spiro atoms. The van der Waals surface area contributed by atoms with E-state index in [1.807, 2.05) is 0 Å². The highest BCUT2D eigenvalue weighted by atomic mass is 32.2. The van der Waals surface area contributed by atoms with Gasteiger partial charge in [0.2, 0.25) is 15.9 Å². The molecule has 1 aromatic heterocycles. The smallest absolute Gasteiger partial charge is 0.352 e. The standard InChI is InChI=1S/C12H17N3O5S/c1-14-6-9(5-10(14)12(17)18)21(19,20)15(2)7-11(16)13-8-3-4-8/h5-6,8H,3-4,7H2,1-2H3,(H,13,16)(H,17,18). The van der Waals surface area contributed by atoms with Gasteiger partial charge in [0.15, 0.2) is 0 Å². The molecule has 1 aliphatic rings. The van der Waals surface area contributed by atoms with E-state index in [0.717, 1.165) is 23.2 Å². The number of carbonyl (C=O) groups excluding carboxylic acids is 1. The largest absolute Gasteiger partial charge is 0.477 e. The number of hydrogen-bond donors (Lipinski definition) is 2. The summed E-state index contributed by atoms with van der Waals surface area (Å²) in [5.41, 5.74) is -0.135. The molecule has 9 heteroatoms. The number of likely N-dealkylation sites (N-methyl/N-ethyl adjacent to an activating group) is 1. The Morgan fingerprint density at radius 2 is 2.10 bits per heavy atom. The van der Waals surface area contributed by atoms with Gasteiger partial charge in [-0.1, -0.05) is 0 Å². The summed E-state index contributed by atoms with van der Waals surface area (Å²) in [5, 5.41) is 11.6. The number of sulfonamides is 1. The SMILES string of the molecule is CN(CC(=O)NC1CC1)S(=O)(=O)c1cc(C(=O)O)n(C)c1. The molecule has 21 heavy (non-hydrogen) atoms. The van der Waals surface area contributed by atoms with Crippen molar-refractivity contribution in [1.29, 1.82) is 0 Å². The first-order valence-corrected chi connectivity index (χ1v) is 7.81. The molecular formula is C12H17N3O5S. The molecule has 0 radical (unpaired) electrons. The maximum atomic E-state index is 12.3. The summed E-state index contributed by atoms with van der Waals surface area (Å²) in [7, 11) is -1.16. The van der Waals surface area contributed by atoms with Crippen LogP contribution in [0.15, 0.2) is 17.2 Å². The first-order valence-electron chi connectivity index (χ1n) is 6.37. The van der Waals surface area contributed by atoms with E-state index in [1.54, 1.807) is 0 Å². The molecule has 1 fully saturated rings. The fourth-order valence-electron chi connectivity index (χ4n) is 1.86. The van der Waals surface area contributed by atoms with Crippen molar-refractivity contribution in [3.05, 3.63) is 18.0 Å². The van der Waals surface area contributed by atoms with Crippen LogP contribution in [0.25, 0.3) is 0 Å². The fourth-order valence-corrected chi connectivity index (χ4v) is 3.06. The predicted molar refractivity (Wildman–Crippen MR) is 73.4 cm³/mol. The summed E-state index contributed by atoms with van der Waals surface area (Å²) >= 11 is 0. The maximum Gasteiger partial charge on any atom is 0.352 e. The van der Waals surface area contributed by atoms with Crippen molar-refractivity contribution in [3.63, 3.8) is 0 Å². The van der Waals surface area contributed by atoms with Gasteiger partial charge in [-0.25, -0.2) is 13.2 Å². The van der Waals surface area contributed by atoms with Crippen LogP contribution in [0, 0.1) is 0 Å². The van der Waals surface area contributed by atoms with Crippen LogP contribution in [0.2, 0.25) is 0 Å². The second-order valence-corrected chi connectivity index (χ2v) is 7.12. The molecular weight excluding hydrogens is 298 g/mol. The summed E-state index contributed by atoms with van der Waals surface area (Å²) < 4.78 is 26.7. The number of nitrogens with zero attached hydrogens (tertiary/aromatic N) is 2. The zero-order chi connectivity index (χ0) is 15.8. The van der Waals surface area contributed by atoms with Crippen molar-refractivity contribution in [3.8, 4) is 0 Å². The maximum absolute atomic E-state index is 12.3. The number of nitrogens with one attached hydrogen (secondary N) is 1. The Kier molecular flexibility index (Phi) is 4.06. The van der Waals surface area contributed by atoms with E-state index >= 15 is 0 Å². The van der Waals surface area contributed by atoms with Crippen LogP contribution in [0.4, 0.5) is 0 Å². The Hall–Kier alpha value is -1.87. The fraction of sp³-hybridized carbons (Fsp3) is 0.500. The minimum Gasteiger partial charge on any atom is -0.477 e. The molecule has 0 aromatic carbocycles. The summed E-state index contributed by atoms with van der Waals surface area (Å²) in [6.45, 7) is -0.296. The van der Waals surface area contributed by atoms with Gasteiger partial charge in [-0.05, 0) is 18.9 Å². The lowest BCUT2D eigenvalue weighted by atomic mass is 10.4. The van der Waals surface area contributed by atoms with Gasteiger partial charge < -0.3 is 15.0 Å². The van der Waals surface area contributed by atoms with Gasteiger partial charge in [-0.15, -0.1) is 0 Å². The normalized spacial score (nSPS) is 15.2. The molecule has 1 amide bonds. The number of carboxylic acids is 1. The Morgan fingerprint density at radius 1 is 1.48 bits per heavy atom. The minimum atomic E-state index is -3.90. The van der Waals surface area contributed by atoms with Gasteiger partial charge in [-0.3, -0.25) is 4.79 Å². The van der Waals surface area contributed by atoms with Crippen molar-refractivity contribution >= 4 is 21.9 Å². The van der Waals surface area contributed by atoms with Crippen LogP contribution in [0.5, 0.6) is 0 Å². The number of hydrogen-bond acceptors (Lipinski definition) is 4. The summed E-state index contributed by atoms with van der Waals surface area (Å²) in [5.74, 6) is -1.58. The van der Waals surface area contributed by atoms with Crippen molar-refractivity contribution in [2.45, 2.75) is 23.8 Å². The van der Waals surface area contributed by atoms with Gasteiger partial charge in [0.25, 0.3) is 0 Å². The monoisotopic (exact) mass is 315 g/mol. The Bertz CT molecular complexity index is 675. The van der Waals surface area contributed by atoms with Gasteiger partial charge in [0, 0.05) is 26.3 Å². The number of carboxylic acid groups (broad SMARTS) is 1. The molecule has 2 rings (SSSR count). The molecule has 8 nitrogen and oxygen atoms in total. The summed E-state index contributed by atoms with van der Waals surface area (Å²) in [6, 6.07) is 1.23. The van der Waals surface area contributed by atoms with E-state index in [1.165, 1.54) is 24.9 Å². The molecule has 0 unspecified atom stereocenters. The Morgan fingerprint density at radius 3 is 2.57 bits per heavy atom. The third kappa shape index (κ3) is 3.42. The van der Waals surface area contributed by atoms with Crippen LogP contribution < -0.4 is 5.32 Å². The first kappa shape index (κ1) is 15.5. The lowest BCUT2D eigenvalue weighted by Gasteiger charge is -2.15. The predicted octanol–water partition coefficient (Wildman–Crippen LogP) is -0.378. The van der Waals surface area contributed by atoms with Crippen LogP contribution >= 0.6 is 0 Å². The number of rotatable bonds is 6. The zero-order valence-electron chi connectivity index (χ0n) is 11.7. The average molecular weight is 315 g/mol.